The summed E-state index contributed by atoms with van der Waals surface area (Å²) in [5, 5.41) is 0.254. The molecule has 0 atom stereocenters. The highest BCUT2D eigenvalue weighted by Gasteiger charge is 2.35. The van der Waals surface area contributed by atoms with Gasteiger partial charge in [-0.3, -0.25) is 0 Å². The van der Waals surface area contributed by atoms with Gasteiger partial charge in [-0.05, 0) is 24.6 Å². The highest BCUT2D eigenvalue weighted by Crippen LogP contribution is 2.32. The number of nitrogens with one attached hydrogen (secondary N) is 1. The number of hydrogen-bond donors (Lipinski definition) is 2. The van der Waals surface area contributed by atoms with Crippen LogP contribution in [-0.2, 0) is 6.18 Å². The van der Waals surface area contributed by atoms with E-state index in [-0.39, 0.29) is 22.5 Å². The number of hydrogen-bond acceptors (Lipinski definition) is 5. The molecule has 2 aromatic rings. The topological polar surface area (TPSA) is 73.1 Å². The molecular formula is C12H10ClF3N4O. The number of anilines is 1. The number of rotatable bonds is 3. The van der Waals surface area contributed by atoms with Crippen molar-refractivity contribution in [2.75, 3.05) is 5.43 Å². The summed E-state index contributed by atoms with van der Waals surface area (Å²) in [5.74, 6) is 3.35. The summed E-state index contributed by atoms with van der Waals surface area (Å²) < 4.78 is 43.3. The second-order valence-corrected chi connectivity index (χ2v) is 4.50. The Morgan fingerprint density at radius 1 is 1.24 bits per heavy atom. The Labute approximate surface area is 122 Å². The van der Waals surface area contributed by atoms with Gasteiger partial charge in [-0.2, -0.15) is 18.2 Å². The van der Waals surface area contributed by atoms with Crippen molar-refractivity contribution < 1.29 is 17.9 Å². The van der Waals surface area contributed by atoms with Crippen LogP contribution in [0.4, 0.5) is 19.0 Å². The van der Waals surface area contributed by atoms with Crippen LogP contribution in [0.2, 0.25) is 5.02 Å². The van der Waals surface area contributed by atoms with Gasteiger partial charge in [0.2, 0.25) is 11.7 Å². The van der Waals surface area contributed by atoms with E-state index in [9.17, 15) is 13.2 Å². The average molecular weight is 319 g/mol. The number of aromatic nitrogens is 2. The van der Waals surface area contributed by atoms with Crippen molar-refractivity contribution in [1.82, 2.24) is 9.97 Å². The van der Waals surface area contributed by atoms with Crippen LogP contribution in [0.3, 0.4) is 0 Å². The van der Waals surface area contributed by atoms with Crippen LogP contribution in [0.15, 0.2) is 24.3 Å². The van der Waals surface area contributed by atoms with Crippen molar-refractivity contribution in [1.29, 1.82) is 0 Å². The number of benzene rings is 1. The van der Waals surface area contributed by atoms with Crippen LogP contribution in [-0.4, -0.2) is 9.97 Å². The fraction of sp³-hybridized carbons (Fsp3) is 0.167. The minimum atomic E-state index is -4.72. The zero-order chi connectivity index (χ0) is 15.6. The Kier molecular flexibility index (Phi) is 4.19. The van der Waals surface area contributed by atoms with Gasteiger partial charge in [0, 0.05) is 6.07 Å². The van der Waals surface area contributed by atoms with Gasteiger partial charge in [-0.25, -0.2) is 10.8 Å². The van der Waals surface area contributed by atoms with E-state index in [0.29, 0.717) is 0 Å². The van der Waals surface area contributed by atoms with Crippen LogP contribution in [0.5, 0.6) is 11.6 Å². The van der Waals surface area contributed by atoms with Gasteiger partial charge < -0.3 is 10.2 Å². The maximum absolute atomic E-state index is 12.7. The van der Waals surface area contributed by atoms with Gasteiger partial charge in [-0.15, -0.1) is 0 Å². The van der Waals surface area contributed by atoms with E-state index in [4.69, 9.17) is 22.2 Å². The lowest BCUT2D eigenvalue weighted by Crippen LogP contribution is -2.16. The lowest BCUT2D eigenvalue weighted by Gasteiger charge is -2.11. The predicted octanol–water partition coefficient (Wildman–Crippen LogP) is 3.54. The number of aryl methyl sites for hydroxylation is 1. The molecule has 0 radical (unpaired) electrons. The summed E-state index contributed by atoms with van der Waals surface area (Å²) >= 11 is 5.95. The van der Waals surface area contributed by atoms with Gasteiger partial charge in [-0.1, -0.05) is 17.7 Å². The Hall–Kier alpha value is -2.06. The second kappa shape index (κ2) is 5.74. The molecule has 0 amide bonds. The first-order valence-corrected chi connectivity index (χ1v) is 6.04. The summed E-state index contributed by atoms with van der Waals surface area (Å²) in [6.07, 6.45) is -4.72. The molecule has 0 bridgehead atoms. The number of nitrogen functional groups attached to an aromatic ring is 1. The van der Waals surface area contributed by atoms with Crippen LogP contribution in [0, 0.1) is 6.92 Å². The molecule has 0 saturated carbocycles. The molecule has 0 unspecified atom stereocenters. The lowest BCUT2D eigenvalue weighted by molar-refractivity contribution is -0.145. The largest absolute Gasteiger partial charge is 0.451 e. The van der Waals surface area contributed by atoms with E-state index in [1.54, 1.807) is 12.1 Å². The SMILES string of the molecule is Cc1ccc(Oc2cc(NN)nc(C(F)(F)F)n2)c(Cl)c1. The minimum Gasteiger partial charge on any atom is -0.437 e. The first kappa shape index (κ1) is 15.3. The van der Waals surface area contributed by atoms with Gasteiger partial charge in [0.1, 0.15) is 11.6 Å². The third kappa shape index (κ3) is 3.73. The molecule has 112 valence electrons. The van der Waals surface area contributed by atoms with E-state index < -0.39 is 12.0 Å². The van der Waals surface area contributed by atoms with Crippen LogP contribution < -0.4 is 16.0 Å². The second-order valence-electron chi connectivity index (χ2n) is 4.09. The summed E-state index contributed by atoms with van der Waals surface area (Å²) in [7, 11) is 0. The molecule has 21 heavy (non-hydrogen) atoms. The fourth-order valence-corrected chi connectivity index (χ4v) is 1.75. The van der Waals surface area contributed by atoms with E-state index in [2.05, 4.69) is 9.97 Å². The summed E-state index contributed by atoms with van der Waals surface area (Å²) in [5.41, 5.74) is 2.91. The summed E-state index contributed by atoms with van der Waals surface area (Å²) in [4.78, 5) is 6.52. The van der Waals surface area contributed by atoms with Crippen molar-refractivity contribution in [2.45, 2.75) is 13.1 Å². The maximum atomic E-state index is 12.7. The van der Waals surface area contributed by atoms with Gasteiger partial charge in [0.25, 0.3) is 0 Å². The molecule has 0 aliphatic rings. The molecule has 1 heterocycles. The zero-order valence-electron chi connectivity index (χ0n) is 10.7. The average Bonchev–Trinajstić information content (AvgIpc) is 2.40. The first-order valence-electron chi connectivity index (χ1n) is 5.66. The van der Waals surface area contributed by atoms with E-state index in [1.165, 1.54) is 6.07 Å². The van der Waals surface area contributed by atoms with Gasteiger partial charge in [0.15, 0.2) is 0 Å². The van der Waals surface area contributed by atoms with Crippen molar-refractivity contribution in [3.8, 4) is 11.6 Å². The zero-order valence-corrected chi connectivity index (χ0v) is 11.5. The van der Waals surface area contributed by atoms with Crippen LogP contribution in [0.25, 0.3) is 0 Å². The molecule has 3 N–H and O–H groups in total. The number of nitrogens with zero attached hydrogens (tertiary/aromatic N) is 2. The van der Waals surface area contributed by atoms with E-state index in [0.717, 1.165) is 11.6 Å². The standard InChI is InChI=1S/C12H10ClF3N4O/c1-6-2-3-8(7(13)4-6)21-10-5-9(20-17)18-11(19-10)12(14,15)16/h2-5H,17H2,1H3,(H,18,19,20). The number of nitrogens with two attached hydrogens (primary N) is 1. The predicted molar refractivity (Wildman–Crippen MR) is 71.1 cm³/mol. The monoisotopic (exact) mass is 318 g/mol. The molecule has 1 aromatic heterocycles. The maximum Gasteiger partial charge on any atom is 0.451 e. The normalized spacial score (nSPS) is 11.3. The van der Waals surface area contributed by atoms with Crippen molar-refractivity contribution in [3.05, 3.63) is 40.7 Å². The summed E-state index contributed by atoms with van der Waals surface area (Å²) in [6.45, 7) is 1.82. The molecule has 5 nitrogen and oxygen atoms in total. The highest BCUT2D eigenvalue weighted by molar-refractivity contribution is 6.32. The number of ether oxygens (including phenoxy) is 1. The smallest absolute Gasteiger partial charge is 0.437 e. The van der Waals surface area contributed by atoms with Gasteiger partial charge >= 0.3 is 6.18 Å². The lowest BCUT2D eigenvalue weighted by atomic mass is 10.2. The molecule has 0 aliphatic heterocycles. The summed E-state index contributed by atoms with van der Waals surface area (Å²) in [6, 6.07) is 5.98. The molecule has 9 heteroatoms. The van der Waals surface area contributed by atoms with Gasteiger partial charge in [0.05, 0.1) is 5.02 Å². The molecular weight excluding hydrogens is 309 g/mol. The molecule has 0 aliphatic carbocycles. The number of hydrazine groups is 1. The van der Waals surface area contributed by atoms with Crippen molar-refractivity contribution in [3.63, 3.8) is 0 Å². The van der Waals surface area contributed by atoms with Crippen LogP contribution >= 0.6 is 11.6 Å². The third-order valence-electron chi connectivity index (χ3n) is 2.41. The highest BCUT2D eigenvalue weighted by atomic mass is 35.5. The molecule has 0 saturated heterocycles. The first-order chi connectivity index (χ1) is 9.79. The van der Waals surface area contributed by atoms with E-state index in [1.807, 2.05) is 12.3 Å². The molecule has 0 spiro atoms. The molecule has 2 rings (SSSR count). The Morgan fingerprint density at radius 2 is 1.95 bits per heavy atom. The van der Waals surface area contributed by atoms with Crippen molar-refractivity contribution >= 4 is 17.4 Å². The van der Waals surface area contributed by atoms with E-state index >= 15 is 0 Å². The fourth-order valence-electron chi connectivity index (χ4n) is 1.48. The Bertz CT molecular complexity index is 663. The van der Waals surface area contributed by atoms with Crippen molar-refractivity contribution in [2.24, 2.45) is 5.84 Å². The number of alkyl halides is 3. The quantitative estimate of drug-likeness (QED) is 0.669. The third-order valence-corrected chi connectivity index (χ3v) is 2.70. The minimum absolute atomic E-state index is 0.178. The van der Waals surface area contributed by atoms with Crippen LogP contribution in [0.1, 0.15) is 11.4 Å². The Morgan fingerprint density at radius 3 is 2.52 bits per heavy atom. The Balaban J connectivity index is 2.39. The molecule has 0 fully saturated rings. The molecule has 1 aromatic carbocycles. The number of halogens is 4.